The number of carbonyl (C=O) groups is 2. The minimum Gasteiger partial charge on any atom is -0.351 e. The van der Waals surface area contributed by atoms with Crippen LogP contribution in [0.15, 0.2) is 11.6 Å². The van der Waals surface area contributed by atoms with Crippen molar-refractivity contribution in [2.45, 2.75) is 39.7 Å². The molecule has 0 spiro atoms. The van der Waals surface area contributed by atoms with E-state index in [-0.39, 0.29) is 23.8 Å². The second-order valence-corrected chi connectivity index (χ2v) is 5.80. The average Bonchev–Trinajstić information content (AvgIpc) is 2.68. The minimum atomic E-state index is -0.324. The molecule has 0 aliphatic carbocycles. The maximum atomic E-state index is 12.0. The predicted octanol–water partition coefficient (Wildman–Crippen LogP) is 1.80. The van der Waals surface area contributed by atoms with Crippen LogP contribution in [0.25, 0.3) is 0 Å². The van der Waals surface area contributed by atoms with Crippen molar-refractivity contribution in [3.63, 3.8) is 0 Å². The molecule has 0 unspecified atom stereocenters. The van der Waals surface area contributed by atoms with E-state index in [1.165, 1.54) is 16.2 Å². The summed E-state index contributed by atoms with van der Waals surface area (Å²) in [6, 6.07) is 0. The van der Waals surface area contributed by atoms with E-state index in [0.29, 0.717) is 11.7 Å². The van der Waals surface area contributed by atoms with Crippen LogP contribution in [0.2, 0.25) is 0 Å². The van der Waals surface area contributed by atoms with Crippen LogP contribution < -0.4 is 10.2 Å². The number of aromatic nitrogens is 1. The summed E-state index contributed by atoms with van der Waals surface area (Å²) in [4.78, 5) is 29.3. The van der Waals surface area contributed by atoms with Crippen molar-refractivity contribution in [2.75, 3.05) is 11.4 Å². The smallest absolute Gasteiger partial charge is 0.238 e. The third kappa shape index (κ3) is 4.44. The van der Waals surface area contributed by atoms with Crippen molar-refractivity contribution in [1.29, 1.82) is 0 Å². The maximum Gasteiger partial charge on any atom is 0.238 e. The molecule has 5 nitrogen and oxygen atoms in total. The van der Waals surface area contributed by atoms with Crippen molar-refractivity contribution in [3.05, 3.63) is 11.6 Å². The van der Waals surface area contributed by atoms with Crippen LogP contribution in [-0.2, 0) is 9.59 Å². The topological polar surface area (TPSA) is 62.3 Å². The van der Waals surface area contributed by atoms with Crippen LogP contribution in [0.1, 0.15) is 34.1 Å². The Morgan fingerprint density at radius 3 is 2.56 bits per heavy atom. The van der Waals surface area contributed by atoms with Crippen molar-refractivity contribution < 1.29 is 9.59 Å². The van der Waals surface area contributed by atoms with Crippen LogP contribution in [-0.4, -0.2) is 28.9 Å². The van der Waals surface area contributed by atoms with Gasteiger partial charge in [0.2, 0.25) is 11.8 Å². The summed E-state index contributed by atoms with van der Waals surface area (Å²) in [5.41, 5.74) is -0.324. The molecule has 1 aromatic rings. The van der Waals surface area contributed by atoms with Gasteiger partial charge < -0.3 is 5.32 Å². The Labute approximate surface area is 111 Å². The second-order valence-electron chi connectivity index (χ2n) is 4.93. The number of hydrogen-bond acceptors (Lipinski definition) is 4. The van der Waals surface area contributed by atoms with Gasteiger partial charge in [-0.1, -0.05) is 0 Å². The SMILES string of the molecule is CCN(C(=O)CC(=O)NC(C)(C)C)c1nccs1. The third-order valence-corrected chi connectivity index (χ3v) is 2.89. The Kier molecular flexibility index (Phi) is 4.84. The van der Waals surface area contributed by atoms with Gasteiger partial charge in [-0.05, 0) is 27.7 Å². The summed E-state index contributed by atoms with van der Waals surface area (Å²) >= 11 is 1.39. The van der Waals surface area contributed by atoms with Crippen LogP contribution in [0.3, 0.4) is 0 Å². The highest BCUT2D eigenvalue weighted by atomic mass is 32.1. The lowest BCUT2D eigenvalue weighted by Gasteiger charge is -2.22. The molecule has 0 radical (unpaired) electrons. The molecule has 0 atom stereocenters. The maximum absolute atomic E-state index is 12.0. The number of amides is 2. The summed E-state index contributed by atoms with van der Waals surface area (Å²) < 4.78 is 0. The summed E-state index contributed by atoms with van der Waals surface area (Å²) in [5.74, 6) is -0.489. The highest BCUT2D eigenvalue weighted by Crippen LogP contribution is 2.17. The molecule has 18 heavy (non-hydrogen) atoms. The number of thiazole rings is 1. The quantitative estimate of drug-likeness (QED) is 0.848. The molecule has 1 heterocycles. The van der Waals surface area contributed by atoms with Gasteiger partial charge in [0, 0.05) is 23.7 Å². The van der Waals surface area contributed by atoms with Gasteiger partial charge >= 0.3 is 0 Å². The molecule has 0 saturated carbocycles. The van der Waals surface area contributed by atoms with E-state index < -0.39 is 0 Å². The van der Waals surface area contributed by atoms with Gasteiger partial charge in [-0.2, -0.15) is 0 Å². The molecule has 1 rings (SSSR count). The molecule has 0 aliphatic heterocycles. The monoisotopic (exact) mass is 269 g/mol. The minimum absolute atomic E-state index is 0.148. The molecule has 0 fully saturated rings. The Hall–Kier alpha value is -1.43. The Morgan fingerprint density at radius 2 is 2.11 bits per heavy atom. The molecule has 100 valence electrons. The first-order valence-corrected chi connectivity index (χ1v) is 6.72. The van der Waals surface area contributed by atoms with Gasteiger partial charge in [0.1, 0.15) is 6.42 Å². The van der Waals surface area contributed by atoms with E-state index >= 15 is 0 Å². The van der Waals surface area contributed by atoms with Gasteiger partial charge in [0.25, 0.3) is 0 Å². The van der Waals surface area contributed by atoms with E-state index in [1.807, 2.05) is 27.7 Å². The molecule has 0 aliphatic rings. The molecule has 0 saturated heterocycles. The van der Waals surface area contributed by atoms with Gasteiger partial charge in [-0.3, -0.25) is 14.5 Å². The molecular formula is C12H19N3O2S. The van der Waals surface area contributed by atoms with Crippen molar-refractivity contribution in [1.82, 2.24) is 10.3 Å². The third-order valence-electron chi connectivity index (χ3n) is 2.09. The summed E-state index contributed by atoms with van der Waals surface area (Å²) in [6.45, 7) is 8.02. The number of nitrogens with one attached hydrogen (secondary N) is 1. The van der Waals surface area contributed by atoms with Gasteiger partial charge in [-0.25, -0.2) is 4.98 Å². The Morgan fingerprint density at radius 1 is 1.44 bits per heavy atom. The number of nitrogens with zero attached hydrogens (tertiary/aromatic N) is 2. The van der Waals surface area contributed by atoms with E-state index in [9.17, 15) is 9.59 Å². The fourth-order valence-corrected chi connectivity index (χ4v) is 2.19. The first kappa shape index (κ1) is 14.6. The van der Waals surface area contributed by atoms with Crippen molar-refractivity contribution >= 4 is 28.3 Å². The fourth-order valence-electron chi connectivity index (χ4n) is 1.46. The van der Waals surface area contributed by atoms with Gasteiger partial charge in [-0.15, -0.1) is 11.3 Å². The lowest BCUT2D eigenvalue weighted by Crippen LogP contribution is -2.43. The van der Waals surface area contributed by atoms with E-state index in [2.05, 4.69) is 10.3 Å². The molecule has 1 aromatic heterocycles. The summed E-state index contributed by atoms with van der Waals surface area (Å²) in [7, 11) is 0. The normalized spacial score (nSPS) is 11.1. The molecule has 0 aromatic carbocycles. The zero-order valence-corrected chi connectivity index (χ0v) is 12.0. The molecule has 0 bridgehead atoms. The number of hydrogen-bond donors (Lipinski definition) is 1. The lowest BCUT2D eigenvalue weighted by molar-refractivity contribution is -0.128. The highest BCUT2D eigenvalue weighted by molar-refractivity contribution is 7.13. The zero-order valence-electron chi connectivity index (χ0n) is 11.2. The van der Waals surface area contributed by atoms with Crippen LogP contribution in [0.4, 0.5) is 5.13 Å². The summed E-state index contributed by atoms with van der Waals surface area (Å²) in [6.07, 6.45) is 1.50. The predicted molar refractivity (Wildman–Crippen MR) is 72.7 cm³/mol. The standard InChI is InChI=1S/C12H19N3O2S/c1-5-15(11-13-6-7-18-11)10(17)8-9(16)14-12(2,3)4/h6-7H,5,8H2,1-4H3,(H,14,16). The second kappa shape index (κ2) is 5.95. The van der Waals surface area contributed by atoms with E-state index in [4.69, 9.17) is 0 Å². The van der Waals surface area contributed by atoms with Crippen molar-refractivity contribution in [3.8, 4) is 0 Å². The fraction of sp³-hybridized carbons (Fsp3) is 0.583. The summed E-state index contributed by atoms with van der Waals surface area (Å²) in [5, 5.41) is 5.21. The van der Waals surface area contributed by atoms with Gasteiger partial charge in [0.15, 0.2) is 5.13 Å². The van der Waals surface area contributed by atoms with Crippen LogP contribution >= 0.6 is 11.3 Å². The average molecular weight is 269 g/mol. The molecular weight excluding hydrogens is 250 g/mol. The van der Waals surface area contributed by atoms with Crippen LogP contribution in [0.5, 0.6) is 0 Å². The van der Waals surface area contributed by atoms with Crippen LogP contribution in [0, 0.1) is 0 Å². The Bertz CT molecular complexity index is 409. The largest absolute Gasteiger partial charge is 0.351 e. The number of anilines is 1. The van der Waals surface area contributed by atoms with E-state index in [1.54, 1.807) is 11.6 Å². The number of rotatable bonds is 4. The zero-order chi connectivity index (χ0) is 13.8. The molecule has 6 heteroatoms. The van der Waals surface area contributed by atoms with Crippen molar-refractivity contribution in [2.24, 2.45) is 0 Å². The number of carbonyl (C=O) groups excluding carboxylic acids is 2. The molecule has 2 amide bonds. The van der Waals surface area contributed by atoms with Gasteiger partial charge in [0.05, 0.1) is 0 Å². The first-order valence-electron chi connectivity index (χ1n) is 5.84. The lowest BCUT2D eigenvalue weighted by atomic mass is 10.1. The van der Waals surface area contributed by atoms with E-state index in [0.717, 1.165) is 0 Å². The highest BCUT2D eigenvalue weighted by Gasteiger charge is 2.21. The Balaban J connectivity index is 2.61. The first-order chi connectivity index (χ1) is 8.33. The molecule has 1 N–H and O–H groups in total.